The normalized spacial score (nSPS) is 22.3. The number of methoxy groups -OCH3 is 1. The van der Waals surface area contributed by atoms with Gasteiger partial charge in [-0.25, -0.2) is 4.98 Å². The van der Waals surface area contributed by atoms with Crippen LogP contribution >= 0.6 is 11.8 Å². The van der Waals surface area contributed by atoms with E-state index in [1.54, 1.807) is 17.7 Å². The molecule has 0 aliphatic heterocycles. The molecule has 3 atom stereocenters. The van der Waals surface area contributed by atoms with Crippen LogP contribution in [0.3, 0.4) is 0 Å². The van der Waals surface area contributed by atoms with E-state index in [2.05, 4.69) is 24.1 Å². The Kier molecular flexibility index (Phi) is 7.13. The highest BCUT2D eigenvalue weighted by atomic mass is 32.2. The van der Waals surface area contributed by atoms with E-state index in [0.717, 1.165) is 12.8 Å². The molecule has 3 rings (SSSR count). The molecule has 0 saturated heterocycles. The van der Waals surface area contributed by atoms with Crippen molar-refractivity contribution in [2.45, 2.75) is 50.9 Å². The lowest BCUT2D eigenvalue weighted by molar-refractivity contribution is -0.120. The summed E-state index contributed by atoms with van der Waals surface area (Å²) in [5.41, 5.74) is 0.555. The number of nitrogens with one attached hydrogen (secondary N) is 1. The Morgan fingerprint density at radius 2 is 2.11 bits per heavy atom. The highest BCUT2D eigenvalue weighted by Gasteiger charge is 2.28. The zero-order valence-electron chi connectivity index (χ0n) is 16.8. The summed E-state index contributed by atoms with van der Waals surface area (Å²) in [5, 5.41) is 4.32. The number of carbonyl (C=O) groups is 1. The Balaban J connectivity index is 1.73. The minimum Gasteiger partial charge on any atom is -0.383 e. The maximum atomic E-state index is 12.8. The van der Waals surface area contributed by atoms with Crippen LogP contribution in [0.25, 0.3) is 10.9 Å². The monoisotopic (exact) mass is 403 g/mol. The van der Waals surface area contributed by atoms with Gasteiger partial charge in [-0.3, -0.25) is 14.2 Å². The number of ether oxygens (including phenoxy) is 1. The van der Waals surface area contributed by atoms with Crippen molar-refractivity contribution in [2.75, 3.05) is 19.5 Å². The van der Waals surface area contributed by atoms with Gasteiger partial charge in [-0.15, -0.1) is 0 Å². The fourth-order valence-corrected chi connectivity index (χ4v) is 4.64. The topological polar surface area (TPSA) is 73.2 Å². The summed E-state index contributed by atoms with van der Waals surface area (Å²) in [4.78, 5) is 30.0. The summed E-state index contributed by atoms with van der Waals surface area (Å²) in [6, 6.07) is 7.53. The molecule has 0 radical (unpaired) electrons. The van der Waals surface area contributed by atoms with Crippen LogP contribution in [0.1, 0.15) is 33.1 Å². The number of nitrogens with zero attached hydrogens (tertiary/aromatic N) is 2. The highest BCUT2D eigenvalue weighted by Crippen LogP contribution is 2.29. The lowest BCUT2D eigenvalue weighted by Crippen LogP contribution is -2.44. The van der Waals surface area contributed by atoms with Crippen LogP contribution in [0, 0.1) is 11.8 Å². The molecule has 1 aliphatic rings. The third-order valence-corrected chi connectivity index (χ3v) is 6.71. The molecule has 6 nitrogen and oxygen atoms in total. The molecule has 1 aromatic carbocycles. The third-order valence-electron chi connectivity index (χ3n) is 5.73. The van der Waals surface area contributed by atoms with Crippen molar-refractivity contribution in [1.82, 2.24) is 14.9 Å². The van der Waals surface area contributed by atoms with Crippen molar-refractivity contribution in [3.8, 4) is 0 Å². The van der Waals surface area contributed by atoms with Gasteiger partial charge in [0.05, 0.1) is 29.8 Å². The Morgan fingerprint density at radius 1 is 1.32 bits per heavy atom. The summed E-state index contributed by atoms with van der Waals surface area (Å²) in [6.45, 7) is 5.30. The van der Waals surface area contributed by atoms with Crippen molar-refractivity contribution in [3.63, 3.8) is 0 Å². The van der Waals surface area contributed by atoms with Gasteiger partial charge < -0.3 is 10.1 Å². The lowest BCUT2D eigenvalue weighted by Gasteiger charge is -2.34. The number of fused-ring (bicyclic) bond motifs is 1. The second kappa shape index (κ2) is 9.56. The van der Waals surface area contributed by atoms with Gasteiger partial charge in [0.15, 0.2) is 5.16 Å². The summed E-state index contributed by atoms with van der Waals surface area (Å²) in [6.07, 6.45) is 3.43. The minimum absolute atomic E-state index is 0.00310. The van der Waals surface area contributed by atoms with E-state index in [1.165, 1.54) is 18.2 Å². The lowest BCUT2D eigenvalue weighted by atomic mass is 9.78. The van der Waals surface area contributed by atoms with Crippen LogP contribution in [0.4, 0.5) is 0 Å². The van der Waals surface area contributed by atoms with Gasteiger partial charge >= 0.3 is 0 Å². The molecule has 3 unspecified atom stereocenters. The van der Waals surface area contributed by atoms with E-state index in [0.29, 0.717) is 41.0 Å². The Hall–Kier alpha value is -1.86. The first-order valence-electron chi connectivity index (χ1n) is 9.92. The largest absolute Gasteiger partial charge is 0.383 e. The number of rotatable bonds is 7. The molecular weight excluding hydrogens is 374 g/mol. The second-order valence-electron chi connectivity index (χ2n) is 7.59. The number of hydrogen-bond donors (Lipinski definition) is 1. The zero-order valence-corrected chi connectivity index (χ0v) is 17.6. The van der Waals surface area contributed by atoms with E-state index < -0.39 is 0 Å². The molecule has 1 N–H and O–H groups in total. The minimum atomic E-state index is -0.0970. The Bertz CT molecular complexity index is 883. The van der Waals surface area contributed by atoms with Gasteiger partial charge in [-0.2, -0.15) is 0 Å². The average molecular weight is 404 g/mol. The molecule has 1 fully saturated rings. The van der Waals surface area contributed by atoms with Crippen LogP contribution < -0.4 is 10.9 Å². The third kappa shape index (κ3) is 4.75. The predicted octanol–water partition coefficient (Wildman–Crippen LogP) is 3.08. The van der Waals surface area contributed by atoms with Gasteiger partial charge in [-0.05, 0) is 30.4 Å². The van der Waals surface area contributed by atoms with Crippen molar-refractivity contribution < 1.29 is 9.53 Å². The number of amides is 1. The molecule has 1 aromatic heterocycles. The molecule has 1 saturated carbocycles. The van der Waals surface area contributed by atoms with Crippen LogP contribution in [-0.2, 0) is 16.1 Å². The quantitative estimate of drug-likeness (QED) is 0.568. The molecule has 1 aliphatic carbocycles. The average Bonchev–Trinajstić information content (AvgIpc) is 2.69. The number of carbonyl (C=O) groups excluding carboxylic acids is 1. The van der Waals surface area contributed by atoms with Crippen molar-refractivity contribution in [1.29, 1.82) is 0 Å². The summed E-state index contributed by atoms with van der Waals surface area (Å²) in [7, 11) is 1.60. The van der Waals surface area contributed by atoms with E-state index in [9.17, 15) is 9.59 Å². The van der Waals surface area contributed by atoms with Crippen LogP contribution in [0.15, 0.2) is 34.2 Å². The smallest absolute Gasteiger partial charge is 0.262 e. The maximum absolute atomic E-state index is 12.8. The molecule has 0 bridgehead atoms. The molecule has 1 amide bonds. The predicted molar refractivity (Wildman–Crippen MR) is 113 cm³/mol. The fraction of sp³-hybridized carbons (Fsp3) is 0.571. The summed E-state index contributed by atoms with van der Waals surface area (Å²) < 4.78 is 6.75. The molecular formula is C21H29N3O3S. The Labute approximate surface area is 170 Å². The van der Waals surface area contributed by atoms with Gasteiger partial charge in [0.25, 0.3) is 5.56 Å². The van der Waals surface area contributed by atoms with Gasteiger partial charge in [0.1, 0.15) is 0 Å². The first-order valence-corrected chi connectivity index (χ1v) is 10.9. The van der Waals surface area contributed by atoms with Gasteiger partial charge in [0, 0.05) is 13.2 Å². The molecule has 1 heterocycles. The molecule has 7 heteroatoms. The highest BCUT2D eigenvalue weighted by molar-refractivity contribution is 7.99. The number of aromatic nitrogens is 2. The SMILES string of the molecule is COCCn1c(SCC(=O)NC2CCCC(C)C2C)nc2ccccc2c1=O. The standard InChI is InChI=1S/C21H29N3O3S/c1-14-7-6-10-17(15(14)2)22-19(25)13-28-21-23-18-9-5-4-8-16(18)20(26)24(21)11-12-27-3/h4-5,8-9,14-15,17H,6-7,10-13H2,1-3H3,(H,22,25). The van der Waals surface area contributed by atoms with Crippen molar-refractivity contribution in [2.24, 2.45) is 11.8 Å². The Morgan fingerprint density at radius 3 is 2.89 bits per heavy atom. The van der Waals surface area contributed by atoms with Crippen molar-refractivity contribution >= 4 is 28.6 Å². The van der Waals surface area contributed by atoms with Crippen LogP contribution in [0.2, 0.25) is 0 Å². The molecule has 152 valence electrons. The second-order valence-corrected chi connectivity index (χ2v) is 8.53. The molecule has 28 heavy (non-hydrogen) atoms. The first-order chi connectivity index (χ1) is 13.5. The number of para-hydroxylation sites is 1. The van der Waals surface area contributed by atoms with E-state index >= 15 is 0 Å². The van der Waals surface area contributed by atoms with E-state index in [4.69, 9.17) is 4.74 Å². The van der Waals surface area contributed by atoms with E-state index in [1.807, 2.05) is 18.2 Å². The zero-order chi connectivity index (χ0) is 20.1. The number of thioether (sulfide) groups is 1. The van der Waals surface area contributed by atoms with Crippen LogP contribution in [0.5, 0.6) is 0 Å². The maximum Gasteiger partial charge on any atom is 0.262 e. The summed E-state index contributed by atoms with van der Waals surface area (Å²) in [5.74, 6) is 1.36. The van der Waals surface area contributed by atoms with Crippen LogP contribution in [-0.4, -0.2) is 41.0 Å². The van der Waals surface area contributed by atoms with Gasteiger partial charge in [-0.1, -0.05) is 50.6 Å². The summed E-state index contributed by atoms with van der Waals surface area (Å²) >= 11 is 1.31. The number of hydrogen-bond acceptors (Lipinski definition) is 5. The molecule has 2 aromatic rings. The fourth-order valence-electron chi connectivity index (χ4n) is 3.80. The van der Waals surface area contributed by atoms with Crippen molar-refractivity contribution in [3.05, 3.63) is 34.6 Å². The number of benzene rings is 1. The van der Waals surface area contributed by atoms with Gasteiger partial charge in [0.2, 0.25) is 5.91 Å². The van der Waals surface area contributed by atoms with E-state index in [-0.39, 0.29) is 23.3 Å². The molecule has 0 spiro atoms. The first kappa shape index (κ1) is 20.9.